The summed E-state index contributed by atoms with van der Waals surface area (Å²) >= 11 is 6.04. The summed E-state index contributed by atoms with van der Waals surface area (Å²) in [5.74, 6) is 0.0680. The molecule has 0 aliphatic rings. The van der Waals surface area contributed by atoms with Crippen molar-refractivity contribution in [1.82, 2.24) is 0 Å². The normalized spacial score (nSPS) is 10.4. The van der Waals surface area contributed by atoms with Gasteiger partial charge in [0, 0.05) is 6.07 Å². The Balaban J connectivity index is 2.81. The minimum atomic E-state index is -0.320. The van der Waals surface area contributed by atoms with Gasteiger partial charge in [-0.05, 0) is 37.4 Å². The second-order valence-electron chi connectivity index (χ2n) is 3.33. The van der Waals surface area contributed by atoms with E-state index in [2.05, 4.69) is 0 Å². The molecule has 0 saturated carbocycles. The summed E-state index contributed by atoms with van der Waals surface area (Å²) in [5, 5.41) is 0.496. The van der Waals surface area contributed by atoms with E-state index in [1.807, 2.05) is 0 Å². The van der Waals surface area contributed by atoms with Gasteiger partial charge in [0.1, 0.15) is 11.6 Å². The Hall–Kier alpha value is -0.800. The van der Waals surface area contributed by atoms with Gasteiger partial charge in [-0.25, -0.2) is 4.39 Å². The molecular weight excluding hydrogens is 217 g/mol. The lowest BCUT2D eigenvalue weighted by Crippen LogP contribution is -2.00. The van der Waals surface area contributed by atoms with Crippen molar-refractivity contribution in [3.8, 4) is 5.75 Å². The van der Waals surface area contributed by atoms with E-state index in [0.717, 1.165) is 24.8 Å². The van der Waals surface area contributed by atoms with Crippen molar-refractivity contribution < 1.29 is 9.13 Å². The summed E-state index contributed by atoms with van der Waals surface area (Å²) in [6.07, 6.45) is 2.54. The third kappa shape index (κ3) is 3.36. The molecule has 1 aromatic carbocycles. The first kappa shape index (κ1) is 12.3. The van der Waals surface area contributed by atoms with E-state index in [-0.39, 0.29) is 5.82 Å². The highest BCUT2D eigenvalue weighted by Crippen LogP contribution is 2.30. The SMILES string of the molecule is COc1cc(F)cc(CCCCN)c1Cl. The fourth-order valence-electron chi connectivity index (χ4n) is 1.41. The van der Waals surface area contributed by atoms with E-state index in [9.17, 15) is 4.39 Å². The van der Waals surface area contributed by atoms with Crippen LogP contribution in [0.3, 0.4) is 0 Å². The van der Waals surface area contributed by atoms with Crippen molar-refractivity contribution >= 4 is 11.6 Å². The highest BCUT2D eigenvalue weighted by atomic mass is 35.5. The monoisotopic (exact) mass is 231 g/mol. The van der Waals surface area contributed by atoms with E-state index < -0.39 is 0 Å². The minimum absolute atomic E-state index is 0.320. The first-order valence-electron chi connectivity index (χ1n) is 4.91. The third-order valence-electron chi connectivity index (χ3n) is 2.20. The van der Waals surface area contributed by atoms with Crippen molar-refractivity contribution in [3.05, 3.63) is 28.5 Å². The van der Waals surface area contributed by atoms with Gasteiger partial charge >= 0.3 is 0 Å². The van der Waals surface area contributed by atoms with Gasteiger partial charge in [-0.2, -0.15) is 0 Å². The Morgan fingerprint density at radius 2 is 2.13 bits per heavy atom. The fourth-order valence-corrected chi connectivity index (χ4v) is 1.69. The quantitative estimate of drug-likeness (QED) is 0.791. The largest absolute Gasteiger partial charge is 0.495 e. The van der Waals surface area contributed by atoms with Crippen molar-refractivity contribution in [2.24, 2.45) is 5.73 Å². The van der Waals surface area contributed by atoms with Crippen LogP contribution < -0.4 is 10.5 Å². The lowest BCUT2D eigenvalue weighted by molar-refractivity contribution is 0.410. The Kier molecular flexibility index (Phi) is 4.85. The number of hydrogen-bond donors (Lipinski definition) is 1. The zero-order valence-corrected chi connectivity index (χ0v) is 9.48. The zero-order valence-electron chi connectivity index (χ0n) is 8.72. The molecule has 15 heavy (non-hydrogen) atoms. The van der Waals surface area contributed by atoms with Crippen LogP contribution in [0.15, 0.2) is 12.1 Å². The molecule has 4 heteroatoms. The topological polar surface area (TPSA) is 35.2 Å². The number of nitrogens with two attached hydrogens (primary N) is 1. The standard InChI is InChI=1S/C11H15ClFNO/c1-15-10-7-9(13)6-8(11(10)12)4-2-3-5-14/h6-7H,2-5,14H2,1H3. The second-order valence-corrected chi connectivity index (χ2v) is 3.70. The van der Waals surface area contributed by atoms with Crippen LogP contribution in [-0.2, 0) is 6.42 Å². The first-order valence-corrected chi connectivity index (χ1v) is 5.28. The Morgan fingerprint density at radius 3 is 2.73 bits per heavy atom. The Morgan fingerprint density at radius 1 is 1.40 bits per heavy atom. The van der Waals surface area contributed by atoms with Crippen LogP contribution in [0.1, 0.15) is 18.4 Å². The number of rotatable bonds is 5. The summed E-state index contributed by atoms with van der Waals surface area (Å²) < 4.78 is 18.1. The van der Waals surface area contributed by atoms with Crippen molar-refractivity contribution in [2.75, 3.05) is 13.7 Å². The lowest BCUT2D eigenvalue weighted by atomic mass is 10.1. The number of aryl methyl sites for hydroxylation is 1. The zero-order chi connectivity index (χ0) is 11.3. The van der Waals surface area contributed by atoms with Gasteiger partial charge in [0.05, 0.1) is 12.1 Å². The number of unbranched alkanes of at least 4 members (excludes halogenated alkanes) is 1. The lowest BCUT2D eigenvalue weighted by Gasteiger charge is -2.08. The molecule has 0 bridgehead atoms. The summed E-state index contributed by atoms with van der Waals surface area (Å²) in [7, 11) is 1.48. The van der Waals surface area contributed by atoms with Gasteiger partial charge in [-0.15, -0.1) is 0 Å². The van der Waals surface area contributed by atoms with Crippen molar-refractivity contribution in [2.45, 2.75) is 19.3 Å². The maximum absolute atomic E-state index is 13.1. The molecule has 0 amide bonds. The van der Waals surface area contributed by atoms with Gasteiger partial charge in [0.25, 0.3) is 0 Å². The van der Waals surface area contributed by atoms with Gasteiger partial charge in [0.15, 0.2) is 0 Å². The maximum atomic E-state index is 13.1. The molecule has 0 radical (unpaired) electrons. The molecule has 2 N–H and O–H groups in total. The molecule has 1 aromatic rings. The average molecular weight is 232 g/mol. The molecule has 0 unspecified atom stereocenters. The molecule has 0 aliphatic carbocycles. The molecule has 1 rings (SSSR count). The second kappa shape index (κ2) is 5.93. The number of hydrogen-bond acceptors (Lipinski definition) is 2. The molecule has 0 fully saturated rings. The molecule has 0 aliphatic heterocycles. The summed E-state index contributed by atoms with van der Waals surface area (Å²) in [6, 6.07) is 2.73. The molecule has 0 saturated heterocycles. The van der Waals surface area contributed by atoms with E-state index in [0.29, 0.717) is 17.3 Å². The molecule has 0 heterocycles. The Bertz CT molecular complexity index is 331. The van der Waals surface area contributed by atoms with E-state index in [1.54, 1.807) is 0 Å². The minimum Gasteiger partial charge on any atom is -0.495 e. The third-order valence-corrected chi connectivity index (χ3v) is 2.63. The number of ether oxygens (including phenoxy) is 1. The molecular formula is C11H15ClFNO. The van der Waals surface area contributed by atoms with E-state index in [4.69, 9.17) is 22.1 Å². The van der Waals surface area contributed by atoms with Gasteiger partial charge in [-0.1, -0.05) is 11.6 Å². The van der Waals surface area contributed by atoms with Crippen molar-refractivity contribution in [3.63, 3.8) is 0 Å². The van der Waals surface area contributed by atoms with E-state index in [1.165, 1.54) is 19.2 Å². The van der Waals surface area contributed by atoms with Crippen LogP contribution in [0.25, 0.3) is 0 Å². The van der Waals surface area contributed by atoms with Crippen LogP contribution in [0.5, 0.6) is 5.75 Å². The van der Waals surface area contributed by atoms with Crippen LogP contribution in [0, 0.1) is 5.82 Å². The predicted octanol–water partition coefficient (Wildman–Crippen LogP) is 2.77. The molecule has 2 nitrogen and oxygen atoms in total. The average Bonchev–Trinajstić information content (AvgIpc) is 2.23. The smallest absolute Gasteiger partial charge is 0.140 e. The molecule has 84 valence electrons. The first-order chi connectivity index (χ1) is 7.19. The summed E-state index contributed by atoms with van der Waals surface area (Å²) in [4.78, 5) is 0. The summed E-state index contributed by atoms with van der Waals surface area (Å²) in [5.41, 5.74) is 6.16. The van der Waals surface area contributed by atoms with Crippen LogP contribution in [0.4, 0.5) is 4.39 Å². The molecule has 0 atom stereocenters. The van der Waals surface area contributed by atoms with Gasteiger partial charge < -0.3 is 10.5 Å². The maximum Gasteiger partial charge on any atom is 0.140 e. The van der Waals surface area contributed by atoms with Gasteiger partial charge in [0.2, 0.25) is 0 Å². The number of benzene rings is 1. The van der Waals surface area contributed by atoms with Crippen LogP contribution in [0.2, 0.25) is 5.02 Å². The fraction of sp³-hybridized carbons (Fsp3) is 0.455. The molecule has 0 aromatic heterocycles. The van der Waals surface area contributed by atoms with Crippen LogP contribution >= 0.6 is 11.6 Å². The molecule has 0 spiro atoms. The van der Waals surface area contributed by atoms with Crippen LogP contribution in [-0.4, -0.2) is 13.7 Å². The number of halogens is 2. The van der Waals surface area contributed by atoms with Crippen molar-refractivity contribution in [1.29, 1.82) is 0 Å². The number of methoxy groups -OCH3 is 1. The summed E-state index contributed by atoms with van der Waals surface area (Å²) in [6.45, 7) is 0.643. The predicted molar refractivity (Wildman–Crippen MR) is 60.0 cm³/mol. The van der Waals surface area contributed by atoms with E-state index >= 15 is 0 Å². The van der Waals surface area contributed by atoms with Gasteiger partial charge in [-0.3, -0.25) is 0 Å². The Labute approximate surface area is 94.2 Å². The highest BCUT2D eigenvalue weighted by Gasteiger charge is 2.09. The highest BCUT2D eigenvalue weighted by molar-refractivity contribution is 6.32.